The molecule has 0 amide bonds. The summed E-state index contributed by atoms with van der Waals surface area (Å²) in [6.45, 7) is 10.5. The summed E-state index contributed by atoms with van der Waals surface area (Å²) in [5, 5.41) is 0. The third kappa shape index (κ3) is 3.67. The highest BCUT2D eigenvalue weighted by atomic mass is 16.1. The van der Waals surface area contributed by atoms with E-state index in [2.05, 4.69) is 11.0 Å². The van der Waals surface area contributed by atoms with E-state index in [0.29, 0.717) is 0 Å². The molecule has 2 rings (SSSR count). The van der Waals surface area contributed by atoms with Crippen molar-refractivity contribution in [2.24, 2.45) is 0 Å². The predicted molar refractivity (Wildman–Crippen MR) is 74.0 cm³/mol. The number of hydrogen-bond donors (Lipinski definition) is 0. The average Bonchev–Trinajstić information content (AvgIpc) is 2.70. The summed E-state index contributed by atoms with van der Waals surface area (Å²) >= 11 is 0. The highest BCUT2D eigenvalue weighted by Gasteiger charge is 2.29. The predicted octanol–water partition coefficient (Wildman–Crippen LogP) is 3.81. The average molecular weight is 235 g/mol. The van der Waals surface area contributed by atoms with Crippen LogP contribution in [0.5, 0.6) is 0 Å². The van der Waals surface area contributed by atoms with Crippen LogP contribution in [0.15, 0.2) is 24.3 Å². The Balaban J connectivity index is 0.000000581. The maximum atomic E-state index is 11.4. The van der Waals surface area contributed by atoms with Crippen LogP contribution in [0.1, 0.15) is 51.8 Å². The molecule has 2 nitrogen and oxygen atoms in total. The lowest BCUT2D eigenvalue weighted by atomic mass is 10.0. The molecule has 0 bridgehead atoms. The highest BCUT2D eigenvalue weighted by molar-refractivity contribution is 5.84. The van der Waals surface area contributed by atoms with Gasteiger partial charge >= 0.3 is 0 Å². The number of benzene rings is 1. The summed E-state index contributed by atoms with van der Waals surface area (Å²) in [7, 11) is 1.99. The lowest BCUT2D eigenvalue weighted by molar-refractivity contribution is -0.121. The number of carbonyl (C=O) groups is 1. The second-order valence-corrected chi connectivity index (χ2v) is 3.63. The molecule has 1 atom stereocenters. The van der Waals surface area contributed by atoms with Gasteiger partial charge in [0.15, 0.2) is 5.78 Å². The maximum absolute atomic E-state index is 11.4. The fourth-order valence-corrected chi connectivity index (χ4v) is 2.07. The molecule has 0 aliphatic carbocycles. The van der Waals surface area contributed by atoms with Crippen LogP contribution in [0.3, 0.4) is 0 Å². The molecule has 0 aromatic heterocycles. The van der Waals surface area contributed by atoms with Crippen molar-refractivity contribution in [2.45, 2.75) is 47.2 Å². The van der Waals surface area contributed by atoms with Crippen LogP contribution < -0.4 is 0 Å². The Morgan fingerprint density at radius 2 is 1.71 bits per heavy atom. The smallest absolute Gasteiger partial charge is 0.151 e. The first-order valence-electron chi connectivity index (χ1n) is 6.48. The van der Waals surface area contributed by atoms with Gasteiger partial charge in [-0.2, -0.15) is 0 Å². The standard InChI is InChI=1S/C11H13NO.2C2H6/c1-8(13)11-10-6-4-3-5-9(10)7-12(11)2;2*1-2/h3-6,11H,7H2,1-2H3;2*1-2H3. The van der Waals surface area contributed by atoms with Crippen molar-refractivity contribution in [3.05, 3.63) is 35.4 Å². The topological polar surface area (TPSA) is 20.3 Å². The van der Waals surface area contributed by atoms with E-state index in [0.717, 1.165) is 6.54 Å². The van der Waals surface area contributed by atoms with Gasteiger partial charge in [0.05, 0.1) is 6.04 Å². The minimum absolute atomic E-state index is 0.0174. The van der Waals surface area contributed by atoms with E-state index in [-0.39, 0.29) is 11.8 Å². The molecule has 1 aliphatic heterocycles. The van der Waals surface area contributed by atoms with E-state index in [9.17, 15) is 4.79 Å². The normalized spacial score (nSPS) is 17.2. The summed E-state index contributed by atoms with van der Waals surface area (Å²) in [6.07, 6.45) is 0. The molecule has 1 aliphatic rings. The summed E-state index contributed by atoms with van der Waals surface area (Å²) < 4.78 is 0. The van der Waals surface area contributed by atoms with Gasteiger partial charge in [-0.3, -0.25) is 9.69 Å². The van der Waals surface area contributed by atoms with Gasteiger partial charge in [-0.15, -0.1) is 0 Å². The summed E-state index contributed by atoms with van der Waals surface area (Å²) in [6, 6.07) is 8.14. The fourth-order valence-electron chi connectivity index (χ4n) is 2.07. The van der Waals surface area contributed by atoms with E-state index in [1.54, 1.807) is 6.92 Å². The monoisotopic (exact) mass is 235 g/mol. The van der Waals surface area contributed by atoms with Crippen LogP contribution in [-0.4, -0.2) is 17.7 Å². The number of likely N-dealkylation sites (N-methyl/N-ethyl adjacent to an activating group) is 1. The summed E-state index contributed by atoms with van der Waals surface area (Å²) in [5.41, 5.74) is 2.46. The Hall–Kier alpha value is -1.15. The molecular formula is C15H25NO. The number of rotatable bonds is 1. The van der Waals surface area contributed by atoms with Gasteiger partial charge in [0.1, 0.15) is 0 Å². The SMILES string of the molecule is CC.CC.CC(=O)C1c2ccccc2CN1C. The molecule has 1 aromatic carbocycles. The third-order valence-electron chi connectivity index (χ3n) is 2.60. The molecular weight excluding hydrogens is 210 g/mol. The van der Waals surface area contributed by atoms with Crippen LogP contribution in [0.25, 0.3) is 0 Å². The van der Waals surface area contributed by atoms with Gasteiger partial charge in [-0.1, -0.05) is 52.0 Å². The van der Waals surface area contributed by atoms with Gasteiger partial charge in [0, 0.05) is 6.54 Å². The van der Waals surface area contributed by atoms with Crippen molar-refractivity contribution in [3.8, 4) is 0 Å². The van der Waals surface area contributed by atoms with Crippen molar-refractivity contribution in [1.29, 1.82) is 0 Å². The Morgan fingerprint density at radius 1 is 1.18 bits per heavy atom. The lowest BCUT2D eigenvalue weighted by Gasteiger charge is -2.16. The van der Waals surface area contributed by atoms with Gasteiger partial charge in [0.25, 0.3) is 0 Å². The largest absolute Gasteiger partial charge is 0.298 e. The van der Waals surface area contributed by atoms with Crippen LogP contribution in [0.4, 0.5) is 0 Å². The van der Waals surface area contributed by atoms with Gasteiger partial charge in [-0.25, -0.2) is 0 Å². The quantitative estimate of drug-likeness (QED) is 0.737. The Morgan fingerprint density at radius 3 is 2.24 bits per heavy atom. The Bertz CT molecular complexity index is 347. The van der Waals surface area contributed by atoms with Crippen molar-refractivity contribution in [2.75, 3.05) is 7.05 Å². The van der Waals surface area contributed by atoms with Crippen molar-refractivity contribution >= 4 is 5.78 Å². The van der Waals surface area contributed by atoms with E-state index < -0.39 is 0 Å². The molecule has 0 radical (unpaired) electrons. The molecule has 0 spiro atoms. The molecule has 0 fully saturated rings. The first kappa shape index (κ1) is 15.9. The molecule has 0 saturated heterocycles. The van der Waals surface area contributed by atoms with Crippen LogP contribution in [0, 0.1) is 0 Å². The molecule has 1 unspecified atom stereocenters. The van der Waals surface area contributed by atoms with Crippen LogP contribution in [-0.2, 0) is 11.3 Å². The molecule has 1 aromatic rings. The van der Waals surface area contributed by atoms with Crippen molar-refractivity contribution in [1.82, 2.24) is 4.90 Å². The lowest BCUT2D eigenvalue weighted by Crippen LogP contribution is -2.22. The molecule has 96 valence electrons. The number of carbonyl (C=O) groups excluding carboxylic acids is 1. The Kier molecular flexibility index (Phi) is 7.47. The zero-order valence-electron chi connectivity index (χ0n) is 11.9. The van der Waals surface area contributed by atoms with E-state index in [1.807, 2.05) is 52.9 Å². The van der Waals surface area contributed by atoms with E-state index >= 15 is 0 Å². The van der Waals surface area contributed by atoms with E-state index in [1.165, 1.54) is 11.1 Å². The summed E-state index contributed by atoms with van der Waals surface area (Å²) in [4.78, 5) is 13.5. The molecule has 0 saturated carbocycles. The highest BCUT2D eigenvalue weighted by Crippen LogP contribution is 2.32. The van der Waals surface area contributed by atoms with Gasteiger partial charge in [0.2, 0.25) is 0 Å². The molecule has 0 N–H and O–H groups in total. The minimum atomic E-state index is -0.0174. The van der Waals surface area contributed by atoms with Crippen molar-refractivity contribution in [3.63, 3.8) is 0 Å². The fraction of sp³-hybridized carbons (Fsp3) is 0.533. The second-order valence-electron chi connectivity index (χ2n) is 3.63. The number of fused-ring (bicyclic) bond motifs is 1. The molecule has 1 heterocycles. The minimum Gasteiger partial charge on any atom is -0.298 e. The Labute approximate surface area is 106 Å². The zero-order chi connectivity index (χ0) is 13.4. The molecule has 2 heteroatoms. The zero-order valence-corrected chi connectivity index (χ0v) is 11.9. The second kappa shape index (κ2) is 8.02. The first-order chi connectivity index (χ1) is 8.20. The van der Waals surface area contributed by atoms with Crippen LogP contribution >= 0.6 is 0 Å². The van der Waals surface area contributed by atoms with E-state index in [4.69, 9.17) is 0 Å². The van der Waals surface area contributed by atoms with Crippen molar-refractivity contribution < 1.29 is 4.79 Å². The number of hydrogen-bond acceptors (Lipinski definition) is 2. The van der Waals surface area contributed by atoms with Gasteiger partial charge < -0.3 is 0 Å². The van der Waals surface area contributed by atoms with Crippen LogP contribution in [0.2, 0.25) is 0 Å². The number of ketones is 1. The first-order valence-corrected chi connectivity index (χ1v) is 6.48. The van der Waals surface area contributed by atoms with Gasteiger partial charge in [-0.05, 0) is 25.1 Å². The maximum Gasteiger partial charge on any atom is 0.151 e. The number of Topliss-reactive ketones (excluding diaryl/α,β-unsaturated/α-hetero) is 1. The molecule has 17 heavy (non-hydrogen) atoms. The third-order valence-corrected chi connectivity index (χ3v) is 2.60. The summed E-state index contributed by atoms with van der Waals surface area (Å²) in [5.74, 6) is 0.229. The number of nitrogens with zero attached hydrogens (tertiary/aromatic N) is 1.